The molecule has 158 valence electrons. The predicted molar refractivity (Wildman–Crippen MR) is 123 cm³/mol. The maximum absolute atomic E-state index is 12.3. The molecular formula is C18H24IN5O4S. The third-order valence-corrected chi connectivity index (χ3v) is 5.27. The highest BCUT2D eigenvalue weighted by atomic mass is 127. The third kappa shape index (κ3) is 7.95. The molecule has 0 aliphatic rings. The van der Waals surface area contributed by atoms with Gasteiger partial charge in [0.1, 0.15) is 0 Å². The van der Waals surface area contributed by atoms with E-state index in [0.717, 1.165) is 17.2 Å². The fourth-order valence-electron chi connectivity index (χ4n) is 2.44. The number of nitrogens with one attached hydrogen (secondary N) is 3. The number of nitro benzene ring substituents is 1. The summed E-state index contributed by atoms with van der Waals surface area (Å²) in [5.74, 6) is 0.538. The fraction of sp³-hybridized carbons (Fsp3) is 0.278. The molecule has 0 heterocycles. The molecule has 0 radical (unpaired) electrons. The molecule has 3 N–H and O–H groups in total. The van der Waals surface area contributed by atoms with E-state index >= 15 is 0 Å². The Morgan fingerprint density at radius 3 is 2.48 bits per heavy atom. The molecule has 0 saturated carbocycles. The minimum absolute atomic E-state index is 0. The molecule has 0 spiro atoms. The number of hydrogen-bond acceptors (Lipinski definition) is 5. The first-order chi connectivity index (χ1) is 13.3. The number of halogens is 1. The molecule has 29 heavy (non-hydrogen) atoms. The van der Waals surface area contributed by atoms with Crippen molar-refractivity contribution in [2.24, 2.45) is 4.99 Å². The van der Waals surface area contributed by atoms with Gasteiger partial charge in [-0.05, 0) is 18.6 Å². The lowest BCUT2D eigenvalue weighted by Gasteiger charge is -2.13. The summed E-state index contributed by atoms with van der Waals surface area (Å²) in [5.41, 5.74) is 1.99. The smallest absolute Gasteiger partial charge is 0.270 e. The van der Waals surface area contributed by atoms with E-state index in [1.165, 1.54) is 18.2 Å². The van der Waals surface area contributed by atoms with Crippen LogP contribution in [0.4, 0.5) is 5.69 Å². The topological polar surface area (TPSA) is 126 Å². The van der Waals surface area contributed by atoms with E-state index in [-0.39, 0.29) is 41.1 Å². The van der Waals surface area contributed by atoms with Gasteiger partial charge in [0, 0.05) is 38.8 Å². The molecule has 0 unspecified atom stereocenters. The number of non-ortho nitro benzene ring substituents is 1. The zero-order valence-electron chi connectivity index (χ0n) is 16.1. The van der Waals surface area contributed by atoms with Gasteiger partial charge in [-0.2, -0.15) is 0 Å². The van der Waals surface area contributed by atoms with Gasteiger partial charge in [0.25, 0.3) is 5.69 Å². The third-order valence-electron chi connectivity index (χ3n) is 3.81. The van der Waals surface area contributed by atoms with Crippen LogP contribution >= 0.6 is 24.0 Å². The standard InChI is InChI=1S/C18H23N5O4S.HI/c1-14-5-3-6-15(11-14)13-21-18(19-2)20-9-10-22-28(26,27)17-8-4-7-16(12-17)23(24)25;/h3-8,11-12,22H,9-10,13H2,1-2H3,(H2,19,20,21);1H. The molecule has 9 nitrogen and oxygen atoms in total. The molecule has 2 aromatic carbocycles. The first-order valence-corrected chi connectivity index (χ1v) is 10.0. The minimum Gasteiger partial charge on any atom is -0.355 e. The van der Waals surface area contributed by atoms with E-state index in [4.69, 9.17) is 0 Å². The first-order valence-electron chi connectivity index (χ1n) is 8.56. The van der Waals surface area contributed by atoms with Crippen molar-refractivity contribution in [1.82, 2.24) is 15.4 Å². The van der Waals surface area contributed by atoms with Crippen LogP contribution in [0, 0.1) is 17.0 Å². The normalized spacial score (nSPS) is 11.4. The zero-order chi connectivity index (χ0) is 20.6. The number of sulfonamides is 1. The van der Waals surface area contributed by atoms with Crippen molar-refractivity contribution in [3.05, 3.63) is 69.8 Å². The van der Waals surface area contributed by atoms with E-state index in [2.05, 4.69) is 26.4 Å². The summed E-state index contributed by atoms with van der Waals surface area (Å²) in [7, 11) is -2.21. The van der Waals surface area contributed by atoms with Crippen LogP contribution in [0.25, 0.3) is 0 Å². The Balaban J connectivity index is 0.00000420. The summed E-state index contributed by atoms with van der Waals surface area (Å²) >= 11 is 0. The molecule has 0 aliphatic carbocycles. The second-order valence-electron chi connectivity index (χ2n) is 5.99. The molecule has 0 atom stereocenters. The second-order valence-corrected chi connectivity index (χ2v) is 7.76. The molecule has 2 aromatic rings. The number of nitro groups is 1. The highest BCUT2D eigenvalue weighted by molar-refractivity contribution is 14.0. The average molecular weight is 533 g/mol. The van der Waals surface area contributed by atoms with Crippen molar-refractivity contribution < 1.29 is 13.3 Å². The van der Waals surface area contributed by atoms with Crippen LogP contribution in [-0.4, -0.2) is 39.4 Å². The molecular weight excluding hydrogens is 509 g/mol. The van der Waals surface area contributed by atoms with Gasteiger partial charge in [-0.3, -0.25) is 15.1 Å². The van der Waals surface area contributed by atoms with Gasteiger partial charge in [-0.1, -0.05) is 35.9 Å². The predicted octanol–water partition coefficient (Wildman–Crippen LogP) is 2.16. The van der Waals surface area contributed by atoms with Crippen molar-refractivity contribution in [3.63, 3.8) is 0 Å². The van der Waals surface area contributed by atoms with E-state index in [0.29, 0.717) is 19.0 Å². The lowest BCUT2D eigenvalue weighted by atomic mass is 10.1. The molecule has 0 aromatic heterocycles. The number of benzene rings is 2. The lowest BCUT2D eigenvalue weighted by molar-refractivity contribution is -0.385. The fourth-order valence-corrected chi connectivity index (χ4v) is 3.51. The van der Waals surface area contributed by atoms with Crippen molar-refractivity contribution >= 4 is 45.6 Å². The minimum atomic E-state index is -3.84. The van der Waals surface area contributed by atoms with Gasteiger partial charge in [-0.25, -0.2) is 13.1 Å². The van der Waals surface area contributed by atoms with Crippen molar-refractivity contribution in [2.75, 3.05) is 20.1 Å². The van der Waals surface area contributed by atoms with E-state index in [1.807, 2.05) is 25.1 Å². The van der Waals surface area contributed by atoms with Crippen LogP contribution in [0.2, 0.25) is 0 Å². The summed E-state index contributed by atoms with van der Waals surface area (Å²) in [6.07, 6.45) is 0. The number of aryl methyl sites for hydroxylation is 1. The summed E-state index contributed by atoms with van der Waals surface area (Å²) < 4.78 is 26.9. The summed E-state index contributed by atoms with van der Waals surface area (Å²) in [5, 5.41) is 17.0. The van der Waals surface area contributed by atoms with Crippen LogP contribution in [0.3, 0.4) is 0 Å². The Labute approximate surface area is 187 Å². The van der Waals surface area contributed by atoms with Gasteiger partial charge in [0.2, 0.25) is 10.0 Å². The molecule has 0 amide bonds. The Morgan fingerprint density at radius 1 is 1.10 bits per heavy atom. The number of guanidine groups is 1. The van der Waals surface area contributed by atoms with Crippen molar-refractivity contribution in [3.8, 4) is 0 Å². The highest BCUT2D eigenvalue weighted by Crippen LogP contribution is 2.16. The number of aliphatic imine (C=N–C) groups is 1. The van der Waals surface area contributed by atoms with Gasteiger partial charge >= 0.3 is 0 Å². The first kappa shape index (κ1) is 24.8. The lowest BCUT2D eigenvalue weighted by Crippen LogP contribution is -2.41. The van der Waals surface area contributed by atoms with Crippen LogP contribution in [0.5, 0.6) is 0 Å². The quantitative estimate of drug-likeness (QED) is 0.119. The molecule has 0 saturated heterocycles. The van der Waals surface area contributed by atoms with E-state index in [1.54, 1.807) is 7.05 Å². The molecule has 0 fully saturated rings. The second kappa shape index (κ2) is 11.7. The number of rotatable bonds is 8. The van der Waals surface area contributed by atoms with Gasteiger partial charge in [0.15, 0.2) is 5.96 Å². The Kier molecular flexibility index (Phi) is 9.98. The summed E-state index contributed by atoms with van der Waals surface area (Å²) in [6, 6.07) is 13.0. The molecule has 0 aliphatic heterocycles. The maximum Gasteiger partial charge on any atom is 0.270 e. The summed E-state index contributed by atoms with van der Waals surface area (Å²) in [4.78, 5) is 14.1. The highest BCUT2D eigenvalue weighted by Gasteiger charge is 2.17. The average Bonchev–Trinajstić information content (AvgIpc) is 2.67. The van der Waals surface area contributed by atoms with Crippen LogP contribution < -0.4 is 15.4 Å². The van der Waals surface area contributed by atoms with Gasteiger partial charge in [0.05, 0.1) is 9.82 Å². The maximum atomic E-state index is 12.3. The van der Waals surface area contributed by atoms with Crippen LogP contribution in [0.15, 0.2) is 58.4 Å². The SMILES string of the molecule is CN=C(NCCNS(=O)(=O)c1cccc([N+](=O)[O-])c1)NCc1cccc(C)c1.I. The Bertz CT molecular complexity index is 966. The van der Waals surface area contributed by atoms with E-state index < -0.39 is 14.9 Å². The van der Waals surface area contributed by atoms with Gasteiger partial charge < -0.3 is 10.6 Å². The monoisotopic (exact) mass is 533 g/mol. The van der Waals surface area contributed by atoms with Gasteiger partial charge in [-0.15, -0.1) is 24.0 Å². The zero-order valence-corrected chi connectivity index (χ0v) is 19.2. The van der Waals surface area contributed by atoms with Crippen LogP contribution in [-0.2, 0) is 16.6 Å². The molecule has 2 rings (SSSR count). The Hall–Kier alpha value is -2.25. The summed E-state index contributed by atoms with van der Waals surface area (Å²) in [6.45, 7) is 2.99. The molecule has 11 heteroatoms. The largest absolute Gasteiger partial charge is 0.355 e. The van der Waals surface area contributed by atoms with Crippen molar-refractivity contribution in [1.29, 1.82) is 0 Å². The number of hydrogen-bond donors (Lipinski definition) is 3. The number of nitrogens with zero attached hydrogens (tertiary/aromatic N) is 2. The van der Waals surface area contributed by atoms with Crippen molar-refractivity contribution in [2.45, 2.75) is 18.4 Å². The molecule has 0 bridgehead atoms. The Morgan fingerprint density at radius 2 is 1.83 bits per heavy atom. The van der Waals surface area contributed by atoms with E-state index in [9.17, 15) is 18.5 Å². The van der Waals surface area contributed by atoms with Crippen LogP contribution in [0.1, 0.15) is 11.1 Å².